The maximum absolute atomic E-state index is 5.78. The predicted molar refractivity (Wildman–Crippen MR) is 77.0 cm³/mol. The molecular formula is C15H24N2O2. The van der Waals surface area contributed by atoms with Crippen LogP contribution in [0.2, 0.25) is 0 Å². The molecule has 1 atom stereocenters. The highest BCUT2D eigenvalue weighted by Crippen LogP contribution is 2.25. The lowest BCUT2D eigenvalue weighted by molar-refractivity contribution is 0.187. The summed E-state index contributed by atoms with van der Waals surface area (Å²) >= 11 is 0. The minimum atomic E-state index is 0.601. The van der Waals surface area contributed by atoms with Gasteiger partial charge in [0.15, 0.2) is 11.5 Å². The Kier molecular flexibility index (Phi) is 5.48. The van der Waals surface area contributed by atoms with Gasteiger partial charge in [0.05, 0.1) is 13.7 Å². The second-order valence-electron chi connectivity index (χ2n) is 5.01. The molecule has 0 saturated carbocycles. The van der Waals surface area contributed by atoms with Crippen LogP contribution in [-0.4, -0.2) is 50.8 Å². The summed E-state index contributed by atoms with van der Waals surface area (Å²) in [6.07, 6.45) is 1.05. The number of nitrogens with one attached hydrogen (secondary N) is 1. The maximum atomic E-state index is 5.78. The Hall–Kier alpha value is -1.26. The van der Waals surface area contributed by atoms with Crippen molar-refractivity contribution < 1.29 is 9.47 Å². The van der Waals surface area contributed by atoms with E-state index >= 15 is 0 Å². The number of para-hydroxylation sites is 2. The van der Waals surface area contributed by atoms with E-state index in [1.54, 1.807) is 7.11 Å². The van der Waals surface area contributed by atoms with Crippen LogP contribution in [0.1, 0.15) is 13.3 Å². The van der Waals surface area contributed by atoms with Crippen LogP contribution in [0.5, 0.6) is 11.5 Å². The van der Waals surface area contributed by atoms with Crippen molar-refractivity contribution in [3.05, 3.63) is 24.3 Å². The van der Waals surface area contributed by atoms with Crippen molar-refractivity contribution in [2.24, 2.45) is 0 Å². The minimum absolute atomic E-state index is 0.601. The zero-order valence-corrected chi connectivity index (χ0v) is 11.9. The van der Waals surface area contributed by atoms with Gasteiger partial charge in [0.25, 0.3) is 0 Å². The molecule has 2 rings (SSSR count). The van der Waals surface area contributed by atoms with Gasteiger partial charge in [0.2, 0.25) is 0 Å². The molecule has 0 amide bonds. The van der Waals surface area contributed by atoms with Crippen molar-refractivity contribution >= 4 is 0 Å². The zero-order valence-electron chi connectivity index (χ0n) is 11.9. The van der Waals surface area contributed by atoms with E-state index < -0.39 is 0 Å². The first kappa shape index (κ1) is 14.2. The second kappa shape index (κ2) is 7.36. The van der Waals surface area contributed by atoms with Crippen LogP contribution in [-0.2, 0) is 0 Å². The number of methoxy groups -OCH3 is 1. The summed E-state index contributed by atoms with van der Waals surface area (Å²) in [7, 11) is 1.67. The molecule has 0 aliphatic carbocycles. The first-order valence-corrected chi connectivity index (χ1v) is 7.01. The Morgan fingerprint density at radius 2 is 2.11 bits per heavy atom. The zero-order chi connectivity index (χ0) is 13.5. The van der Waals surface area contributed by atoms with E-state index in [9.17, 15) is 0 Å². The van der Waals surface area contributed by atoms with E-state index in [0.29, 0.717) is 6.04 Å². The Morgan fingerprint density at radius 3 is 2.84 bits per heavy atom. The van der Waals surface area contributed by atoms with Crippen LogP contribution in [0.15, 0.2) is 24.3 Å². The van der Waals surface area contributed by atoms with E-state index in [-0.39, 0.29) is 0 Å². The Bertz CT molecular complexity index is 384. The van der Waals surface area contributed by atoms with Gasteiger partial charge in [-0.2, -0.15) is 0 Å². The maximum Gasteiger partial charge on any atom is 0.161 e. The van der Waals surface area contributed by atoms with Gasteiger partial charge in [-0.25, -0.2) is 0 Å². The molecule has 19 heavy (non-hydrogen) atoms. The first-order valence-electron chi connectivity index (χ1n) is 7.01. The van der Waals surface area contributed by atoms with Crippen LogP contribution < -0.4 is 14.8 Å². The smallest absolute Gasteiger partial charge is 0.161 e. The standard InChI is InChI=1S/C15H24N2O2/c1-13-12-17(10-8-16-13)9-5-11-19-15-7-4-3-6-14(15)18-2/h3-4,6-7,13,16H,5,8-12H2,1-2H3/t13-/m1/s1. The number of nitrogens with zero attached hydrogens (tertiary/aromatic N) is 1. The number of hydrogen-bond donors (Lipinski definition) is 1. The van der Waals surface area contributed by atoms with Gasteiger partial charge in [-0.05, 0) is 25.5 Å². The number of rotatable bonds is 6. The number of benzene rings is 1. The summed E-state index contributed by atoms with van der Waals surface area (Å²) in [5, 5.41) is 3.45. The quantitative estimate of drug-likeness (QED) is 0.794. The first-order chi connectivity index (χ1) is 9.29. The lowest BCUT2D eigenvalue weighted by atomic mass is 10.2. The van der Waals surface area contributed by atoms with E-state index in [1.807, 2.05) is 24.3 Å². The SMILES string of the molecule is COc1ccccc1OCCCN1CCN[C@H](C)C1. The fraction of sp³-hybridized carbons (Fsp3) is 0.600. The van der Waals surface area contributed by atoms with Crippen LogP contribution in [0.4, 0.5) is 0 Å². The largest absolute Gasteiger partial charge is 0.493 e. The van der Waals surface area contributed by atoms with Crippen molar-refractivity contribution in [2.45, 2.75) is 19.4 Å². The molecule has 0 bridgehead atoms. The van der Waals surface area contributed by atoms with Crippen LogP contribution in [0.25, 0.3) is 0 Å². The van der Waals surface area contributed by atoms with Crippen molar-refractivity contribution in [2.75, 3.05) is 39.9 Å². The summed E-state index contributed by atoms with van der Waals surface area (Å²) in [6.45, 7) is 7.43. The molecule has 1 aromatic rings. The Morgan fingerprint density at radius 1 is 1.32 bits per heavy atom. The molecule has 1 aromatic carbocycles. The third kappa shape index (κ3) is 4.40. The Balaban J connectivity index is 1.69. The molecule has 4 nitrogen and oxygen atoms in total. The lowest BCUT2D eigenvalue weighted by Gasteiger charge is -2.31. The summed E-state index contributed by atoms with van der Waals surface area (Å²) < 4.78 is 11.0. The third-order valence-electron chi connectivity index (χ3n) is 3.40. The molecule has 1 aliphatic heterocycles. The van der Waals surface area contributed by atoms with Crippen LogP contribution in [0.3, 0.4) is 0 Å². The van der Waals surface area contributed by atoms with E-state index in [4.69, 9.17) is 9.47 Å². The number of hydrogen-bond acceptors (Lipinski definition) is 4. The van der Waals surface area contributed by atoms with Gasteiger partial charge in [0, 0.05) is 32.2 Å². The monoisotopic (exact) mass is 264 g/mol. The molecule has 0 spiro atoms. The molecule has 0 unspecified atom stereocenters. The second-order valence-corrected chi connectivity index (χ2v) is 5.01. The fourth-order valence-corrected chi connectivity index (χ4v) is 2.42. The van der Waals surface area contributed by atoms with Crippen LogP contribution >= 0.6 is 0 Å². The Labute approximate surface area is 115 Å². The van der Waals surface area contributed by atoms with E-state index in [0.717, 1.165) is 50.7 Å². The average molecular weight is 264 g/mol. The topological polar surface area (TPSA) is 33.7 Å². The highest BCUT2D eigenvalue weighted by atomic mass is 16.5. The average Bonchev–Trinajstić information content (AvgIpc) is 2.44. The van der Waals surface area contributed by atoms with E-state index in [2.05, 4.69) is 17.1 Å². The van der Waals surface area contributed by atoms with Crippen molar-refractivity contribution in [3.63, 3.8) is 0 Å². The van der Waals surface area contributed by atoms with Crippen molar-refractivity contribution in [3.8, 4) is 11.5 Å². The molecular weight excluding hydrogens is 240 g/mol. The lowest BCUT2D eigenvalue weighted by Crippen LogP contribution is -2.49. The van der Waals surface area contributed by atoms with Gasteiger partial charge in [0.1, 0.15) is 0 Å². The molecule has 106 valence electrons. The molecule has 0 radical (unpaired) electrons. The molecule has 1 heterocycles. The molecule has 1 aliphatic rings. The highest BCUT2D eigenvalue weighted by molar-refractivity contribution is 5.39. The van der Waals surface area contributed by atoms with Gasteiger partial charge in [-0.3, -0.25) is 0 Å². The normalized spacial score (nSPS) is 20.2. The van der Waals surface area contributed by atoms with Gasteiger partial charge >= 0.3 is 0 Å². The minimum Gasteiger partial charge on any atom is -0.493 e. The third-order valence-corrected chi connectivity index (χ3v) is 3.40. The summed E-state index contributed by atoms with van der Waals surface area (Å²) in [6, 6.07) is 8.40. The molecule has 1 fully saturated rings. The predicted octanol–water partition coefficient (Wildman–Crippen LogP) is 1.76. The molecule has 4 heteroatoms. The molecule has 1 saturated heterocycles. The number of ether oxygens (including phenoxy) is 2. The fourth-order valence-electron chi connectivity index (χ4n) is 2.42. The van der Waals surface area contributed by atoms with Gasteiger partial charge in [-0.15, -0.1) is 0 Å². The summed E-state index contributed by atoms with van der Waals surface area (Å²) in [5.74, 6) is 1.64. The molecule has 1 N–H and O–H groups in total. The molecule has 0 aromatic heterocycles. The number of piperazine rings is 1. The summed E-state index contributed by atoms with van der Waals surface area (Å²) in [4.78, 5) is 2.49. The summed E-state index contributed by atoms with van der Waals surface area (Å²) in [5.41, 5.74) is 0. The van der Waals surface area contributed by atoms with Gasteiger partial charge in [-0.1, -0.05) is 12.1 Å². The van der Waals surface area contributed by atoms with E-state index in [1.165, 1.54) is 0 Å². The van der Waals surface area contributed by atoms with Gasteiger partial charge < -0.3 is 19.7 Å². The van der Waals surface area contributed by atoms with Crippen molar-refractivity contribution in [1.82, 2.24) is 10.2 Å². The highest BCUT2D eigenvalue weighted by Gasteiger charge is 2.14. The van der Waals surface area contributed by atoms with Crippen molar-refractivity contribution in [1.29, 1.82) is 0 Å². The van der Waals surface area contributed by atoms with Crippen LogP contribution in [0, 0.1) is 0 Å².